The molecule has 92 valence electrons. The van der Waals surface area contributed by atoms with Crippen LogP contribution >= 0.6 is 22.6 Å². The van der Waals surface area contributed by atoms with E-state index >= 15 is 0 Å². The zero-order valence-corrected chi connectivity index (χ0v) is 11.7. The predicted molar refractivity (Wildman–Crippen MR) is 76.0 cm³/mol. The van der Waals surface area contributed by atoms with Gasteiger partial charge in [0, 0.05) is 15.5 Å². The third-order valence-corrected chi connectivity index (χ3v) is 3.25. The van der Waals surface area contributed by atoms with Crippen molar-refractivity contribution in [3.8, 4) is 0 Å². The number of halogens is 2. The zero-order chi connectivity index (χ0) is 13.1. The molecule has 0 spiro atoms. The van der Waals surface area contributed by atoms with Gasteiger partial charge >= 0.3 is 0 Å². The minimum absolute atomic E-state index is 0.257. The van der Waals surface area contributed by atoms with Crippen molar-refractivity contribution >= 4 is 34.2 Å². The number of anilines is 1. The van der Waals surface area contributed by atoms with Crippen LogP contribution in [0.25, 0.3) is 0 Å². The first-order chi connectivity index (χ1) is 8.56. The van der Waals surface area contributed by atoms with Gasteiger partial charge in [-0.2, -0.15) is 0 Å². The van der Waals surface area contributed by atoms with E-state index in [0.717, 1.165) is 5.69 Å². The van der Waals surface area contributed by atoms with Gasteiger partial charge in [-0.05, 0) is 59.8 Å². The van der Waals surface area contributed by atoms with Gasteiger partial charge in [-0.15, -0.1) is 0 Å². The molecule has 1 amide bonds. The molecule has 0 saturated carbocycles. The highest BCUT2D eigenvalue weighted by Crippen LogP contribution is 2.19. The molecule has 0 fully saturated rings. The van der Waals surface area contributed by atoms with E-state index in [0.29, 0.717) is 14.8 Å². The Balaban J connectivity index is 2.18. The van der Waals surface area contributed by atoms with Gasteiger partial charge in [-0.25, -0.2) is 4.39 Å². The lowest BCUT2D eigenvalue weighted by molar-refractivity contribution is 0.102. The summed E-state index contributed by atoms with van der Waals surface area (Å²) in [5.74, 6) is -0.582. The number of amides is 1. The minimum Gasteiger partial charge on any atom is -0.321 e. The molecule has 0 aliphatic carbocycles. The molecule has 2 rings (SSSR count). The molecule has 0 aliphatic heterocycles. The van der Waals surface area contributed by atoms with Crippen LogP contribution in [0.3, 0.4) is 0 Å². The number of carbonyl (C=O) groups is 1. The van der Waals surface area contributed by atoms with Gasteiger partial charge in [0.15, 0.2) is 0 Å². The molecule has 0 radical (unpaired) electrons. The first-order valence-corrected chi connectivity index (χ1v) is 6.33. The van der Waals surface area contributed by atoms with E-state index in [1.807, 2.05) is 29.5 Å². The quantitative estimate of drug-likeness (QED) is 0.839. The number of aromatic nitrogens is 1. The average molecular weight is 356 g/mol. The van der Waals surface area contributed by atoms with Gasteiger partial charge in [0.2, 0.25) is 0 Å². The van der Waals surface area contributed by atoms with Crippen molar-refractivity contribution in [1.82, 2.24) is 4.98 Å². The Kier molecular flexibility index (Phi) is 3.90. The second kappa shape index (κ2) is 5.43. The van der Waals surface area contributed by atoms with Crippen LogP contribution in [-0.2, 0) is 0 Å². The molecular weight excluding hydrogens is 346 g/mol. The third-order valence-electron chi connectivity index (χ3n) is 2.35. The van der Waals surface area contributed by atoms with Crippen molar-refractivity contribution in [3.05, 3.63) is 57.2 Å². The van der Waals surface area contributed by atoms with Crippen LogP contribution < -0.4 is 5.32 Å². The van der Waals surface area contributed by atoms with Crippen LogP contribution in [0.5, 0.6) is 0 Å². The van der Waals surface area contributed by atoms with E-state index in [1.165, 1.54) is 24.4 Å². The van der Waals surface area contributed by atoms with E-state index < -0.39 is 0 Å². The first kappa shape index (κ1) is 12.9. The summed E-state index contributed by atoms with van der Waals surface area (Å²) in [5, 5.41) is 2.72. The van der Waals surface area contributed by atoms with E-state index in [2.05, 4.69) is 10.3 Å². The maximum absolute atomic E-state index is 12.9. The van der Waals surface area contributed by atoms with Gasteiger partial charge in [0.1, 0.15) is 5.82 Å². The topological polar surface area (TPSA) is 42.0 Å². The summed E-state index contributed by atoms with van der Waals surface area (Å²) >= 11 is 1.97. The normalized spacial score (nSPS) is 10.2. The fourth-order valence-corrected chi connectivity index (χ4v) is 2.00. The summed E-state index contributed by atoms with van der Waals surface area (Å²) in [6.45, 7) is 1.85. The Bertz CT molecular complexity index is 584. The lowest BCUT2D eigenvalue weighted by Gasteiger charge is -2.07. The first-order valence-electron chi connectivity index (χ1n) is 5.25. The van der Waals surface area contributed by atoms with Gasteiger partial charge in [-0.1, -0.05) is 0 Å². The van der Waals surface area contributed by atoms with Gasteiger partial charge in [0.25, 0.3) is 5.91 Å². The van der Waals surface area contributed by atoms with Crippen LogP contribution in [0.15, 0.2) is 36.5 Å². The van der Waals surface area contributed by atoms with Crippen molar-refractivity contribution in [1.29, 1.82) is 0 Å². The number of carbonyl (C=O) groups excluding carboxylic acids is 1. The number of nitrogens with zero attached hydrogens (tertiary/aromatic N) is 1. The Morgan fingerprint density at radius 3 is 2.72 bits per heavy atom. The van der Waals surface area contributed by atoms with Crippen LogP contribution in [0.4, 0.5) is 10.1 Å². The van der Waals surface area contributed by atoms with E-state index in [1.54, 1.807) is 12.1 Å². The summed E-state index contributed by atoms with van der Waals surface area (Å²) in [5.41, 5.74) is 1.91. The lowest BCUT2D eigenvalue weighted by Crippen LogP contribution is -2.13. The molecule has 1 N–H and O–H groups in total. The van der Waals surface area contributed by atoms with Crippen LogP contribution in [0, 0.1) is 16.3 Å². The van der Waals surface area contributed by atoms with Crippen LogP contribution in [-0.4, -0.2) is 10.9 Å². The highest BCUT2D eigenvalue weighted by atomic mass is 127. The van der Waals surface area contributed by atoms with Crippen LogP contribution in [0.1, 0.15) is 16.1 Å². The highest BCUT2D eigenvalue weighted by molar-refractivity contribution is 14.1. The minimum atomic E-state index is -0.325. The molecular formula is C13H10FIN2O. The number of hydrogen-bond acceptors (Lipinski definition) is 2. The number of benzene rings is 1. The lowest BCUT2D eigenvalue weighted by atomic mass is 10.2. The Morgan fingerprint density at radius 2 is 2.11 bits per heavy atom. The molecule has 0 aliphatic rings. The SMILES string of the molecule is Cc1ccc(C(=O)Nc2ccc(F)cc2I)cn1. The van der Waals surface area contributed by atoms with E-state index in [-0.39, 0.29) is 11.7 Å². The fourth-order valence-electron chi connectivity index (χ4n) is 1.39. The molecule has 0 unspecified atom stereocenters. The summed E-state index contributed by atoms with van der Waals surface area (Å²) in [4.78, 5) is 16.0. The highest BCUT2D eigenvalue weighted by Gasteiger charge is 2.08. The zero-order valence-electron chi connectivity index (χ0n) is 9.58. The number of pyridine rings is 1. The van der Waals surface area contributed by atoms with Gasteiger partial charge in [-0.3, -0.25) is 9.78 Å². The van der Waals surface area contributed by atoms with Crippen molar-refractivity contribution < 1.29 is 9.18 Å². The standard InChI is InChI=1S/C13H10FIN2O/c1-8-2-3-9(7-16-8)13(18)17-12-5-4-10(14)6-11(12)15/h2-7H,1H3,(H,17,18). The number of aryl methyl sites for hydroxylation is 1. The van der Waals surface area contributed by atoms with E-state index in [9.17, 15) is 9.18 Å². The molecule has 18 heavy (non-hydrogen) atoms. The van der Waals surface area contributed by atoms with Crippen molar-refractivity contribution in [3.63, 3.8) is 0 Å². The second-order valence-electron chi connectivity index (χ2n) is 3.77. The largest absolute Gasteiger partial charge is 0.321 e. The van der Waals surface area contributed by atoms with Crippen LogP contribution in [0.2, 0.25) is 0 Å². The van der Waals surface area contributed by atoms with Gasteiger partial charge in [0.05, 0.1) is 11.3 Å². The Labute approximate surface area is 118 Å². The Morgan fingerprint density at radius 1 is 1.33 bits per heavy atom. The average Bonchev–Trinajstić information content (AvgIpc) is 2.33. The summed E-state index contributed by atoms with van der Waals surface area (Å²) in [6, 6.07) is 7.68. The maximum atomic E-state index is 12.9. The number of nitrogens with one attached hydrogen (secondary N) is 1. The molecule has 1 aromatic heterocycles. The number of rotatable bonds is 2. The summed E-state index contributed by atoms with van der Waals surface area (Å²) in [7, 11) is 0. The smallest absolute Gasteiger partial charge is 0.257 e. The molecule has 0 atom stereocenters. The molecule has 0 bridgehead atoms. The summed E-state index contributed by atoms with van der Waals surface area (Å²) < 4.78 is 13.6. The predicted octanol–water partition coefficient (Wildman–Crippen LogP) is 3.39. The Hall–Kier alpha value is -1.50. The van der Waals surface area contributed by atoms with Crippen molar-refractivity contribution in [2.24, 2.45) is 0 Å². The van der Waals surface area contributed by atoms with Crippen molar-refractivity contribution in [2.75, 3.05) is 5.32 Å². The summed E-state index contributed by atoms with van der Waals surface area (Å²) in [6.07, 6.45) is 1.51. The van der Waals surface area contributed by atoms with Crippen molar-refractivity contribution in [2.45, 2.75) is 6.92 Å². The van der Waals surface area contributed by atoms with Gasteiger partial charge < -0.3 is 5.32 Å². The number of hydrogen-bond donors (Lipinski definition) is 1. The molecule has 2 aromatic rings. The monoisotopic (exact) mass is 356 g/mol. The maximum Gasteiger partial charge on any atom is 0.257 e. The molecule has 5 heteroatoms. The molecule has 1 heterocycles. The molecule has 3 nitrogen and oxygen atoms in total. The molecule has 1 aromatic carbocycles. The fraction of sp³-hybridized carbons (Fsp3) is 0.0769. The third kappa shape index (κ3) is 3.04. The molecule has 0 saturated heterocycles. The van der Waals surface area contributed by atoms with E-state index in [4.69, 9.17) is 0 Å². The second-order valence-corrected chi connectivity index (χ2v) is 4.93.